The molecular weight excluding hydrogens is 330 g/mol. The van der Waals surface area contributed by atoms with Crippen LogP contribution in [0.1, 0.15) is 41.3 Å². The Morgan fingerprint density at radius 1 is 1.12 bits per heavy atom. The van der Waals surface area contributed by atoms with E-state index in [0.717, 1.165) is 22.2 Å². The van der Waals surface area contributed by atoms with Gasteiger partial charge >= 0.3 is 0 Å². The molecule has 1 aromatic heterocycles. The Morgan fingerprint density at radius 2 is 1.80 bits per heavy atom. The number of benzene rings is 2. The fourth-order valence-corrected chi connectivity index (χ4v) is 3.45. The molecule has 1 heterocycles. The van der Waals surface area contributed by atoms with Crippen molar-refractivity contribution < 1.29 is 4.79 Å². The SMILES string of the molecule is CC(C)c1ccc(-n2ccnc2SCc2ccc(C(N)=O)cc2)cc1. The predicted molar refractivity (Wildman–Crippen MR) is 102 cm³/mol. The standard InChI is InChI=1S/C20H21N3OS/c1-14(2)16-7-9-18(10-8-16)23-12-11-22-20(23)25-13-15-3-5-17(6-4-15)19(21)24/h3-12,14H,13H2,1-2H3,(H2,21,24). The topological polar surface area (TPSA) is 60.9 Å². The van der Waals surface area contributed by atoms with E-state index in [0.29, 0.717) is 11.5 Å². The summed E-state index contributed by atoms with van der Waals surface area (Å²) < 4.78 is 2.09. The van der Waals surface area contributed by atoms with Crippen molar-refractivity contribution in [2.24, 2.45) is 5.73 Å². The van der Waals surface area contributed by atoms with Crippen molar-refractivity contribution in [3.05, 3.63) is 77.6 Å². The fourth-order valence-electron chi connectivity index (χ4n) is 2.53. The number of hydrogen-bond acceptors (Lipinski definition) is 3. The van der Waals surface area contributed by atoms with Crippen molar-refractivity contribution in [3.8, 4) is 5.69 Å². The molecule has 0 radical (unpaired) electrons. The van der Waals surface area contributed by atoms with Gasteiger partial charge in [-0.3, -0.25) is 9.36 Å². The number of rotatable bonds is 6. The molecule has 0 fully saturated rings. The summed E-state index contributed by atoms with van der Waals surface area (Å²) in [6.07, 6.45) is 3.79. The molecule has 3 rings (SSSR count). The summed E-state index contributed by atoms with van der Waals surface area (Å²) in [6.45, 7) is 4.38. The van der Waals surface area contributed by atoms with Crippen LogP contribution in [0.25, 0.3) is 5.69 Å². The Bertz CT molecular complexity index is 851. The highest BCUT2D eigenvalue weighted by molar-refractivity contribution is 7.98. The normalized spacial score (nSPS) is 11.0. The number of hydrogen-bond donors (Lipinski definition) is 1. The average molecular weight is 351 g/mol. The fraction of sp³-hybridized carbons (Fsp3) is 0.200. The highest BCUT2D eigenvalue weighted by Gasteiger charge is 2.08. The molecule has 0 atom stereocenters. The molecule has 5 heteroatoms. The third kappa shape index (κ3) is 4.12. The van der Waals surface area contributed by atoms with Crippen LogP contribution in [-0.2, 0) is 5.75 Å². The molecule has 0 spiro atoms. The summed E-state index contributed by atoms with van der Waals surface area (Å²) in [7, 11) is 0. The van der Waals surface area contributed by atoms with Crippen LogP contribution in [0.15, 0.2) is 66.1 Å². The molecule has 0 unspecified atom stereocenters. The van der Waals surface area contributed by atoms with Crippen molar-refractivity contribution in [3.63, 3.8) is 0 Å². The van der Waals surface area contributed by atoms with Gasteiger partial charge in [-0.15, -0.1) is 0 Å². The molecule has 4 nitrogen and oxygen atoms in total. The van der Waals surface area contributed by atoms with E-state index in [-0.39, 0.29) is 0 Å². The number of aromatic nitrogens is 2. The maximum atomic E-state index is 11.1. The molecule has 2 aromatic carbocycles. The second-order valence-electron chi connectivity index (χ2n) is 6.18. The van der Waals surface area contributed by atoms with Crippen LogP contribution >= 0.6 is 11.8 Å². The van der Waals surface area contributed by atoms with Crippen LogP contribution in [0.3, 0.4) is 0 Å². The van der Waals surface area contributed by atoms with Crippen LogP contribution in [0.5, 0.6) is 0 Å². The molecule has 2 N–H and O–H groups in total. The molecule has 0 saturated carbocycles. The molecule has 128 valence electrons. The zero-order chi connectivity index (χ0) is 17.8. The molecule has 1 amide bonds. The minimum absolute atomic E-state index is 0.403. The van der Waals surface area contributed by atoms with Gasteiger partial charge < -0.3 is 5.73 Å². The zero-order valence-corrected chi connectivity index (χ0v) is 15.2. The monoisotopic (exact) mass is 351 g/mol. The lowest BCUT2D eigenvalue weighted by atomic mass is 10.0. The van der Waals surface area contributed by atoms with E-state index < -0.39 is 5.91 Å². The molecule has 0 aliphatic rings. The van der Waals surface area contributed by atoms with Crippen molar-refractivity contribution in [1.82, 2.24) is 9.55 Å². The first-order chi connectivity index (χ1) is 12.0. The average Bonchev–Trinajstić information content (AvgIpc) is 3.09. The Labute approximate surface area is 152 Å². The first-order valence-electron chi connectivity index (χ1n) is 8.20. The third-order valence-corrected chi connectivity index (χ3v) is 5.09. The summed E-state index contributed by atoms with van der Waals surface area (Å²) in [5.74, 6) is 0.897. The Morgan fingerprint density at radius 3 is 2.40 bits per heavy atom. The Kier molecular flexibility index (Phi) is 5.24. The van der Waals surface area contributed by atoms with Crippen molar-refractivity contribution in [1.29, 1.82) is 0 Å². The summed E-state index contributed by atoms with van der Waals surface area (Å²) in [5, 5.41) is 0.941. The highest BCUT2D eigenvalue weighted by Crippen LogP contribution is 2.25. The summed E-state index contributed by atoms with van der Waals surface area (Å²) >= 11 is 1.66. The maximum absolute atomic E-state index is 11.1. The molecule has 0 aliphatic carbocycles. The molecule has 3 aromatic rings. The van der Waals surface area contributed by atoms with Gasteiger partial charge in [0.15, 0.2) is 5.16 Å². The number of amides is 1. The van der Waals surface area contributed by atoms with Gasteiger partial charge in [0.05, 0.1) is 0 Å². The minimum Gasteiger partial charge on any atom is -0.366 e. The Hall–Kier alpha value is -2.53. The maximum Gasteiger partial charge on any atom is 0.248 e. The smallest absolute Gasteiger partial charge is 0.248 e. The van der Waals surface area contributed by atoms with E-state index >= 15 is 0 Å². The van der Waals surface area contributed by atoms with Crippen LogP contribution in [0.4, 0.5) is 0 Å². The van der Waals surface area contributed by atoms with E-state index in [1.165, 1.54) is 5.56 Å². The molecule has 0 saturated heterocycles. The van der Waals surface area contributed by atoms with Crippen molar-refractivity contribution in [2.45, 2.75) is 30.7 Å². The lowest BCUT2D eigenvalue weighted by Crippen LogP contribution is -2.10. The highest BCUT2D eigenvalue weighted by atomic mass is 32.2. The van der Waals surface area contributed by atoms with Crippen molar-refractivity contribution in [2.75, 3.05) is 0 Å². The largest absolute Gasteiger partial charge is 0.366 e. The number of carbonyl (C=O) groups is 1. The van der Waals surface area contributed by atoms with E-state index in [2.05, 4.69) is 47.7 Å². The van der Waals surface area contributed by atoms with Gasteiger partial charge in [0.25, 0.3) is 0 Å². The minimum atomic E-state index is -0.403. The van der Waals surface area contributed by atoms with Crippen LogP contribution in [-0.4, -0.2) is 15.5 Å². The van der Waals surface area contributed by atoms with Gasteiger partial charge in [0.1, 0.15) is 0 Å². The van der Waals surface area contributed by atoms with Crippen LogP contribution in [0, 0.1) is 0 Å². The quantitative estimate of drug-likeness (QED) is 0.670. The predicted octanol–water partition coefficient (Wildman–Crippen LogP) is 4.39. The van der Waals surface area contributed by atoms with Crippen LogP contribution in [0.2, 0.25) is 0 Å². The van der Waals surface area contributed by atoms with Gasteiger partial charge in [-0.1, -0.05) is 49.9 Å². The third-order valence-electron chi connectivity index (χ3n) is 4.05. The Balaban J connectivity index is 1.72. The van der Waals surface area contributed by atoms with Gasteiger partial charge in [-0.05, 0) is 41.3 Å². The van der Waals surface area contributed by atoms with Gasteiger partial charge in [-0.25, -0.2) is 4.98 Å². The summed E-state index contributed by atoms with van der Waals surface area (Å²) in [5.41, 5.74) is 9.36. The number of nitrogens with two attached hydrogens (primary N) is 1. The number of primary amides is 1. The number of imidazole rings is 1. The van der Waals surface area contributed by atoms with Crippen molar-refractivity contribution >= 4 is 17.7 Å². The lowest BCUT2D eigenvalue weighted by Gasteiger charge is -2.10. The first kappa shape index (κ1) is 17.3. The lowest BCUT2D eigenvalue weighted by molar-refractivity contribution is 0.100. The number of thioether (sulfide) groups is 1. The zero-order valence-electron chi connectivity index (χ0n) is 14.3. The first-order valence-corrected chi connectivity index (χ1v) is 9.18. The molecular formula is C20H21N3OS. The number of carbonyl (C=O) groups excluding carboxylic acids is 1. The molecule has 0 aliphatic heterocycles. The second-order valence-corrected chi connectivity index (χ2v) is 7.12. The second kappa shape index (κ2) is 7.57. The van der Waals surface area contributed by atoms with E-state index in [9.17, 15) is 4.79 Å². The van der Waals surface area contributed by atoms with Crippen LogP contribution < -0.4 is 5.73 Å². The van der Waals surface area contributed by atoms with E-state index in [1.54, 1.807) is 23.9 Å². The van der Waals surface area contributed by atoms with E-state index in [1.807, 2.05) is 24.5 Å². The molecule has 0 bridgehead atoms. The number of nitrogens with zero attached hydrogens (tertiary/aromatic N) is 2. The van der Waals surface area contributed by atoms with Gasteiger partial charge in [0, 0.05) is 29.4 Å². The van der Waals surface area contributed by atoms with Gasteiger partial charge in [-0.2, -0.15) is 0 Å². The van der Waals surface area contributed by atoms with E-state index in [4.69, 9.17) is 5.73 Å². The summed E-state index contributed by atoms with van der Waals surface area (Å²) in [4.78, 5) is 15.6. The summed E-state index contributed by atoms with van der Waals surface area (Å²) in [6, 6.07) is 16.0. The molecule has 25 heavy (non-hydrogen) atoms. The van der Waals surface area contributed by atoms with Gasteiger partial charge in [0.2, 0.25) is 5.91 Å².